The number of rotatable bonds is 6. The topological polar surface area (TPSA) is 36.4 Å². The molecule has 1 aliphatic rings. The lowest BCUT2D eigenvalue weighted by molar-refractivity contribution is -0.125. The molecule has 1 saturated heterocycles. The van der Waals surface area contributed by atoms with Gasteiger partial charge in [0.05, 0.1) is 6.04 Å². The van der Waals surface area contributed by atoms with Crippen molar-refractivity contribution in [2.75, 3.05) is 33.2 Å². The van der Waals surface area contributed by atoms with Crippen molar-refractivity contribution in [3.8, 4) is 0 Å². The molecule has 0 aliphatic carbocycles. The second kappa shape index (κ2) is 8.18. The van der Waals surface area contributed by atoms with Gasteiger partial charge in [-0.25, -0.2) is 0 Å². The van der Waals surface area contributed by atoms with Crippen LogP contribution in [0.3, 0.4) is 0 Å². The lowest BCUT2D eigenvalue weighted by Gasteiger charge is -2.37. The van der Waals surface area contributed by atoms with Crippen LogP contribution in [0.5, 0.6) is 0 Å². The van der Waals surface area contributed by atoms with E-state index >= 15 is 0 Å². The average molecular weight is 323 g/mol. The van der Waals surface area contributed by atoms with Gasteiger partial charge in [0.15, 0.2) is 5.78 Å². The van der Waals surface area contributed by atoms with Crippen LogP contribution in [0.15, 0.2) is 54.9 Å². The SMILES string of the molecule is CN1CCN(C(C(=O)CCc2ccccc2)c2cccnc2)CC1. The summed E-state index contributed by atoms with van der Waals surface area (Å²) in [4.78, 5) is 21.9. The zero-order chi connectivity index (χ0) is 16.8. The maximum Gasteiger partial charge on any atom is 0.154 e. The predicted octanol–water partition coefficient (Wildman–Crippen LogP) is 2.57. The Kier molecular flexibility index (Phi) is 5.72. The number of hydrogen-bond acceptors (Lipinski definition) is 4. The third kappa shape index (κ3) is 4.28. The summed E-state index contributed by atoms with van der Waals surface area (Å²) in [7, 11) is 2.13. The third-order valence-corrected chi connectivity index (χ3v) is 4.71. The number of pyridine rings is 1. The molecule has 4 nitrogen and oxygen atoms in total. The van der Waals surface area contributed by atoms with E-state index in [1.54, 1.807) is 6.20 Å². The summed E-state index contributed by atoms with van der Waals surface area (Å²) in [6.45, 7) is 3.85. The first-order chi connectivity index (χ1) is 11.7. The number of hydrogen-bond donors (Lipinski definition) is 0. The van der Waals surface area contributed by atoms with Crippen LogP contribution in [-0.4, -0.2) is 53.8 Å². The molecule has 2 aromatic rings. The third-order valence-electron chi connectivity index (χ3n) is 4.71. The van der Waals surface area contributed by atoms with E-state index in [1.165, 1.54) is 5.56 Å². The van der Waals surface area contributed by atoms with Gasteiger partial charge in [-0.3, -0.25) is 14.7 Å². The minimum absolute atomic E-state index is 0.170. The van der Waals surface area contributed by atoms with Crippen LogP contribution in [-0.2, 0) is 11.2 Å². The molecule has 0 bridgehead atoms. The van der Waals surface area contributed by atoms with E-state index in [4.69, 9.17) is 0 Å². The molecule has 4 heteroatoms. The summed E-state index contributed by atoms with van der Waals surface area (Å²) < 4.78 is 0. The van der Waals surface area contributed by atoms with Crippen LogP contribution in [0.4, 0.5) is 0 Å². The van der Waals surface area contributed by atoms with Gasteiger partial charge in [0.2, 0.25) is 0 Å². The molecule has 1 atom stereocenters. The van der Waals surface area contributed by atoms with Crippen molar-refractivity contribution in [3.05, 3.63) is 66.0 Å². The van der Waals surface area contributed by atoms with Gasteiger partial charge in [0.1, 0.15) is 0 Å². The molecule has 24 heavy (non-hydrogen) atoms. The summed E-state index contributed by atoms with van der Waals surface area (Å²) >= 11 is 0. The lowest BCUT2D eigenvalue weighted by atomic mass is 9.97. The number of aromatic nitrogens is 1. The number of likely N-dealkylation sites (N-methyl/N-ethyl adjacent to an activating group) is 1. The standard InChI is InChI=1S/C20H25N3O/c1-22-12-14-23(15-13-22)20(18-8-5-11-21-16-18)19(24)10-9-17-6-3-2-4-7-17/h2-8,11,16,20H,9-10,12-15H2,1H3. The van der Waals surface area contributed by atoms with Crippen molar-refractivity contribution in [2.45, 2.75) is 18.9 Å². The Morgan fingerprint density at radius 3 is 2.50 bits per heavy atom. The number of benzene rings is 1. The molecule has 1 aromatic heterocycles. The maximum atomic E-state index is 13.0. The van der Waals surface area contributed by atoms with Gasteiger partial charge >= 0.3 is 0 Å². The molecule has 0 radical (unpaired) electrons. The maximum absolute atomic E-state index is 13.0. The van der Waals surface area contributed by atoms with E-state index < -0.39 is 0 Å². The Morgan fingerprint density at radius 2 is 1.83 bits per heavy atom. The lowest BCUT2D eigenvalue weighted by Crippen LogP contribution is -2.47. The van der Waals surface area contributed by atoms with Crippen LogP contribution in [0.25, 0.3) is 0 Å². The molecule has 0 saturated carbocycles. The Labute approximate surface area is 144 Å². The molecule has 0 spiro atoms. The van der Waals surface area contributed by atoms with Crippen LogP contribution in [0, 0.1) is 0 Å². The summed E-state index contributed by atoms with van der Waals surface area (Å²) in [5.74, 6) is 0.288. The minimum Gasteiger partial charge on any atom is -0.304 e. The van der Waals surface area contributed by atoms with Gasteiger partial charge in [0, 0.05) is 45.0 Å². The molecule has 1 aliphatic heterocycles. The summed E-state index contributed by atoms with van der Waals surface area (Å²) in [5, 5.41) is 0. The van der Waals surface area contributed by atoms with Crippen LogP contribution >= 0.6 is 0 Å². The number of ketones is 1. The van der Waals surface area contributed by atoms with Gasteiger partial charge in [-0.05, 0) is 30.7 Å². The molecule has 1 fully saturated rings. The number of carbonyl (C=O) groups excluding carboxylic acids is 1. The molecular formula is C20H25N3O. The first-order valence-electron chi connectivity index (χ1n) is 8.63. The summed E-state index contributed by atoms with van der Waals surface area (Å²) in [6, 6.07) is 14.0. The zero-order valence-electron chi connectivity index (χ0n) is 14.3. The van der Waals surface area contributed by atoms with Gasteiger partial charge in [-0.2, -0.15) is 0 Å². The molecule has 0 amide bonds. The average Bonchev–Trinajstić information content (AvgIpc) is 2.64. The summed E-state index contributed by atoms with van der Waals surface area (Å²) in [5.41, 5.74) is 2.23. The molecule has 1 unspecified atom stereocenters. The largest absolute Gasteiger partial charge is 0.304 e. The highest BCUT2D eigenvalue weighted by atomic mass is 16.1. The van der Waals surface area contributed by atoms with Gasteiger partial charge in [-0.15, -0.1) is 0 Å². The van der Waals surface area contributed by atoms with Gasteiger partial charge in [-0.1, -0.05) is 36.4 Å². The fourth-order valence-electron chi connectivity index (χ4n) is 3.27. The van der Waals surface area contributed by atoms with E-state index in [2.05, 4.69) is 34.0 Å². The number of carbonyl (C=O) groups is 1. The normalized spacial score (nSPS) is 17.5. The van der Waals surface area contributed by atoms with E-state index in [9.17, 15) is 4.79 Å². The number of piperazine rings is 1. The van der Waals surface area contributed by atoms with Crippen molar-refractivity contribution in [2.24, 2.45) is 0 Å². The van der Waals surface area contributed by atoms with Crippen molar-refractivity contribution >= 4 is 5.78 Å². The molecule has 0 N–H and O–H groups in total. The second-order valence-corrected chi connectivity index (χ2v) is 6.48. The van der Waals surface area contributed by atoms with Crippen LogP contribution < -0.4 is 0 Å². The van der Waals surface area contributed by atoms with Crippen molar-refractivity contribution < 1.29 is 4.79 Å². The fourth-order valence-corrected chi connectivity index (χ4v) is 3.27. The highest BCUT2D eigenvalue weighted by molar-refractivity contribution is 5.85. The quantitative estimate of drug-likeness (QED) is 0.819. The Morgan fingerprint density at radius 1 is 1.08 bits per heavy atom. The Hall–Kier alpha value is -2.04. The minimum atomic E-state index is -0.170. The van der Waals surface area contributed by atoms with E-state index in [1.807, 2.05) is 36.5 Å². The molecule has 1 aromatic carbocycles. The Balaban J connectivity index is 1.72. The monoisotopic (exact) mass is 323 g/mol. The van der Waals surface area contributed by atoms with Crippen molar-refractivity contribution in [1.82, 2.24) is 14.8 Å². The van der Waals surface area contributed by atoms with E-state index in [0.29, 0.717) is 6.42 Å². The molecule has 126 valence electrons. The number of aryl methyl sites for hydroxylation is 1. The predicted molar refractivity (Wildman–Crippen MR) is 95.8 cm³/mol. The highest BCUT2D eigenvalue weighted by Crippen LogP contribution is 2.24. The van der Waals surface area contributed by atoms with Gasteiger partial charge in [0.25, 0.3) is 0 Å². The zero-order valence-corrected chi connectivity index (χ0v) is 14.3. The molecular weight excluding hydrogens is 298 g/mol. The first-order valence-corrected chi connectivity index (χ1v) is 8.63. The van der Waals surface area contributed by atoms with Gasteiger partial charge < -0.3 is 4.90 Å². The number of Topliss-reactive ketones (excluding diaryl/α,β-unsaturated/α-hetero) is 1. The molecule has 2 heterocycles. The van der Waals surface area contributed by atoms with Crippen LogP contribution in [0.1, 0.15) is 23.6 Å². The van der Waals surface area contributed by atoms with Crippen LogP contribution in [0.2, 0.25) is 0 Å². The number of nitrogens with zero attached hydrogens (tertiary/aromatic N) is 3. The summed E-state index contributed by atoms with van der Waals surface area (Å²) in [6.07, 6.45) is 4.96. The fraction of sp³-hybridized carbons (Fsp3) is 0.400. The molecule has 3 rings (SSSR count). The van der Waals surface area contributed by atoms with E-state index in [0.717, 1.165) is 38.2 Å². The highest BCUT2D eigenvalue weighted by Gasteiger charge is 2.29. The van der Waals surface area contributed by atoms with Crippen molar-refractivity contribution in [3.63, 3.8) is 0 Å². The second-order valence-electron chi connectivity index (χ2n) is 6.48. The smallest absolute Gasteiger partial charge is 0.154 e. The Bertz CT molecular complexity index is 636. The first kappa shape index (κ1) is 16.8. The van der Waals surface area contributed by atoms with Crippen molar-refractivity contribution in [1.29, 1.82) is 0 Å². The van der Waals surface area contributed by atoms with E-state index in [-0.39, 0.29) is 11.8 Å².